The summed E-state index contributed by atoms with van der Waals surface area (Å²) in [6, 6.07) is 0.705. The zero-order chi connectivity index (χ0) is 13.8. The van der Waals surface area contributed by atoms with Crippen molar-refractivity contribution in [1.29, 1.82) is 0 Å². The Kier molecular flexibility index (Phi) is 5.15. The fourth-order valence-electron chi connectivity index (χ4n) is 3.03. The average Bonchev–Trinajstić information content (AvgIpc) is 2.87. The molecule has 0 bridgehead atoms. The van der Waals surface area contributed by atoms with E-state index in [-0.39, 0.29) is 18.1 Å². The predicted octanol–water partition coefficient (Wildman–Crippen LogP) is -0.450. The van der Waals surface area contributed by atoms with E-state index in [1.54, 1.807) is 0 Å². The van der Waals surface area contributed by atoms with Crippen LogP contribution in [0.4, 0.5) is 0 Å². The molecule has 0 aromatic rings. The van der Waals surface area contributed by atoms with Crippen LogP contribution in [0.2, 0.25) is 0 Å². The number of carbonyl (C=O) groups excluding carboxylic acids is 1. The van der Waals surface area contributed by atoms with Gasteiger partial charge in [-0.2, -0.15) is 0 Å². The summed E-state index contributed by atoms with van der Waals surface area (Å²) in [5.41, 5.74) is 2.17. The van der Waals surface area contributed by atoms with Crippen molar-refractivity contribution in [2.45, 2.75) is 43.9 Å². The van der Waals surface area contributed by atoms with E-state index >= 15 is 0 Å². The lowest BCUT2D eigenvalue weighted by molar-refractivity contribution is -0.132. The van der Waals surface area contributed by atoms with E-state index in [0.717, 1.165) is 32.5 Å². The number of piperidine rings is 1. The summed E-state index contributed by atoms with van der Waals surface area (Å²) < 4.78 is 5.75. The predicted molar refractivity (Wildman–Crippen MR) is 73.4 cm³/mol. The number of rotatable bonds is 4. The van der Waals surface area contributed by atoms with Crippen LogP contribution in [0.1, 0.15) is 25.7 Å². The number of nitrogens with one attached hydrogen (secondary N) is 1. The fraction of sp³-hybridized carbons (Fsp3) is 0.923. The average molecular weight is 270 g/mol. The van der Waals surface area contributed by atoms with E-state index in [9.17, 15) is 4.79 Å². The standard InChI is InChI=1S/C13H26N4O2/c1-16(2)10-5-7-17(8-6-10)9-11-3-4-12(19-11)13(18)15-14/h10-12H,3-9,14H2,1-2H3,(H,15,18). The second kappa shape index (κ2) is 6.65. The highest BCUT2D eigenvalue weighted by molar-refractivity contribution is 5.80. The third-order valence-corrected chi connectivity index (χ3v) is 4.29. The Bertz CT molecular complexity index is 303. The van der Waals surface area contributed by atoms with E-state index in [1.807, 2.05) is 0 Å². The minimum absolute atomic E-state index is 0.179. The van der Waals surface area contributed by atoms with Crippen LogP contribution in [-0.4, -0.2) is 67.7 Å². The van der Waals surface area contributed by atoms with Gasteiger partial charge in [-0.3, -0.25) is 10.2 Å². The van der Waals surface area contributed by atoms with Gasteiger partial charge in [-0.15, -0.1) is 0 Å². The van der Waals surface area contributed by atoms with Gasteiger partial charge in [-0.05, 0) is 52.9 Å². The third kappa shape index (κ3) is 3.89. The Labute approximate surface area is 115 Å². The van der Waals surface area contributed by atoms with Crippen LogP contribution in [0.3, 0.4) is 0 Å². The summed E-state index contributed by atoms with van der Waals surface area (Å²) in [6.07, 6.45) is 3.99. The number of ether oxygens (including phenoxy) is 1. The Hall–Kier alpha value is -0.690. The van der Waals surface area contributed by atoms with Gasteiger partial charge in [0.25, 0.3) is 5.91 Å². The second-order valence-electron chi connectivity index (χ2n) is 5.83. The highest BCUT2D eigenvalue weighted by atomic mass is 16.5. The topological polar surface area (TPSA) is 70.8 Å². The molecule has 2 rings (SSSR count). The smallest absolute Gasteiger partial charge is 0.263 e. The summed E-state index contributed by atoms with van der Waals surface area (Å²) in [4.78, 5) is 16.2. The van der Waals surface area contributed by atoms with Gasteiger partial charge in [0.1, 0.15) is 6.10 Å². The van der Waals surface area contributed by atoms with Crippen LogP contribution in [0, 0.1) is 0 Å². The summed E-state index contributed by atoms with van der Waals surface area (Å²) in [5.74, 6) is 4.93. The van der Waals surface area contributed by atoms with E-state index in [1.165, 1.54) is 12.8 Å². The Morgan fingerprint density at radius 1 is 1.32 bits per heavy atom. The monoisotopic (exact) mass is 270 g/mol. The van der Waals surface area contributed by atoms with Crippen molar-refractivity contribution in [2.75, 3.05) is 33.7 Å². The van der Waals surface area contributed by atoms with Crippen LogP contribution >= 0.6 is 0 Å². The molecule has 0 aromatic carbocycles. The zero-order valence-electron chi connectivity index (χ0n) is 12.0. The lowest BCUT2D eigenvalue weighted by Gasteiger charge is -2.36. The molecule has 2 aliphatic rings. The van der Waals surface area contributed by atoms with Gasteiger partial charge in [0.05, 0.1) is 6.10 Å². The van der Waals surface area contributed by atoms with Crippen molar-refractivity contribution in [1.82, 2.24) is 15.2 Å². The van der Waals surface area contributed by atoms with E-state index < -0.39 is 0 Å². The molecule has 2 fully saturated rings. The quantitative estimate of drug-likeness (QED) is 0.411. The van der Waals surface area contributed by atoms with Crippen LogP contribution in [0.25, 0.3) is 0 Å². The molecule has 0 aliphatic carbocycles. The van der Waals surface area contributed by atoms with Gasteiger partial charge in [0.2, 0.25) is 0 Å². The molecule has 2 heterocycles. The first-order chi connectivity index (χ1) is 9.10. The molecule has 6 heteroatoms. The molecular formula is C13H26N4O2. The Morgan fingerprint density at radius 3 is 2.58 bits per heavy atom. The maximum atomic E-state index is 11.4. The number of carbonyl (C=O) groups is 1. The van der Waals surface area contributed by atoms with Crippen molar-refractivity contribution in [2.24, 2.45) is 5.84 Å². The van der Waals surface area contributed by atoms with Gasteiger partial charge < -0.3 is 14.5 Å². The van der Waals surface area contributed by atoms with Crippen molar-refractivity contribution in [3.05, 3.63) is 0 Å². The molecule has 2 saturated heterocycles. The number of hydrogen-bond acceptors (Lipinski definition) is 5. The number of hydrogen-bond donors (Lipinski definition) is 2. The van der Waals surface area contributed by atoms with Gasteiger partial charge in [-0.1, -0.05) is 0 Å². The molecule has 2 aliphatic heterocycles. The highest BCUT2D eigenvalue weighted by Gasteiger charge is 2.32. The van der Waals surface area contributed by atoms with Gasteiger partial charge in [0, 0.05) is 12.6 Å². The molecular weight excluding hydrogens is 244 g/mol. The first kappa shape index (κ1) is 14.7. The van der Waals surface area contributed by atoms with E-state index in [4.69, 9.17) is 10.6 Å². The van der Waals surface area contributed by atoms with Gasteiger partial charge in [0.15, 0.2) is 0 Å². The molecule has 2 unspecified atom stereocenters. The lowest BCUT2D eigenvalue weighted by atomic mass is 10.0. The van der Waals surface area contributed by atoms with Crippen LogP contribution in [-0.2, 0) is 9.53 Å². The van der Waals surface area contributed by atoms with Gasteiger partial charge in [-0.25, -0.2) is 5.84 Å². The molecule has 0 radical (unpaired) electrons. The number of likely N-dealkylation sites (tertiary alicyclic amines) is 1. The van der Waals surface area contributed by atoms with E-state index in [0.29, 0.717) is 6.04 Å². The maximum Gasteiger partial charge on any atom is 0.263 e. The summed E-state index contributed by atoms with van der Waals surface area (Å²) >= 11 is 0. The summed E-state index contributed by atoms with van der Waals surface area (Å²) in [5, 5.41) is 0. The molecule has 110 valence electrons. The largest absolute Gasteiger partial charge is 0.364 e. The number of hydrazine groups is 1. The number of amides is 1. The highest BCUT2D eigenvalue weighted by Crippen LogP contribution is 2.22. The van der Waals surface area contributed by atoms with Crippen LogP contribution in [0.15, 0.2) is 0 Å². The SMILES string of the molecule is CN(C)C1CCN(CC2CCC(C(=O)NN)O2)CC1. The second-order valence-corrected chi connectivity index (χ2v) is 5.83. The zero-order valence-corrected chi connectivity index (χ0v) is 12.0. The molecule has 1 amide bonds. The maximum absolute atomic E-state index is 11.4. The fourth-order valence-corrected chi connectivity index (χ4v) is 3.03. The molecule has 2 atom stereocenters. The lowest BCUT2D eigenvalue weighted by Crippen LogP contribution is -2.45. The van der Waals surface area contributed by atoms with Crippen molar-refractivity contribution in [3.63, 3.8) is 0 Å². The first-order valence-corrected chi connectivity index (χ1v) is 7.15. The number of nitrogens with zero attached hydrogens (tertiary/aromatic N) is 2. The van der Waals surface area contributed by atoms with Crippen molar-refractivity contribution in [3.8, 4) is 0 Å². The third-order valence-electron chi connectivity index (χ3n) is 4.29. The van der Waals surface area contributed by atoms with E-state index in [2.05, 4.69) is 29.3 Å². The Balaban J connectivity index is 1.71. The summed E-state index contributed by atoms with van der Waals surface area (Å²) in [6.45, 7) is 3.18. The Morgan fingerprint density at radius 2 is 2.00 bits per heavy atom. The normalized spacial score (nSPS) is 29.9. The molecule has 0 spiro atoms. The molecule has 0 saturated carbocycles. The molecule has 6 nitrogen and oxygen atoms in total. The first-order valence-electron chi connectivity index (χ1n) is 7.15. The number of nitrogens with two attached hydrogens (primary N) is 1. The van der Waals surface area contributed by atoms with Crippen LogP contribution < -0.4 is 11.3 Å². The minimum Gasteiger partial charge on any atom is -0.364 e. The molecule has 3 N–H and O–H groups in total. The summed E-state index contributed by atoms with van der Waals surface area (Å²) in [7, 11) is 4.30. The minimum atomic E-state index is -0.352. The van der Waals surface area contributed by atoms with Crippen molar-refractivity contribution >= 4 is 5.91 Å². The molecule has 0 aromatic heterocycles. The van der Waals surface area contributed by atoms with Crippen molar-refractivity contribution < 1.29 is 9.53 Å². The van der Waals surface area contributed by atoms with Gasteiger partial charge >= 0.3 is 0 Å². The molecule has 19 heavy (non-hydrogen) atoms. The van der Waals surface area contributed by atoms with Crippen LogP contribution in [0.5, 0.6) is 0 Å².